The minimum absolute atomic E-state index is 0.0424. The number of hydrazine groups is 1. The van der Waals surface area contributed by atoms with E-state index >= 15 is 0 Å². The van der Waals surface area contributed by atoms with Crippen LogP contribution in [0.15, 0.2) is 18.2 Å². The van der Waals surface area contributed by atoms with Crippen LogP contribution in [0.5, 0.6) is 17.4 Å². The number of nitrogens with two attached hydrogens (primary N) is 1. The third-order valence-corrected chi connectivity index (χ3v) is 6.60. The Morgan fingerprint density at radius 3 is 2.69 bits per heavy atom. The van der Waals surface area contributed by atoms with Gasteiger partial charge in [-0.3, -0.25) is 5.43 Å². The highest BCUT2D eigenvalue weighted by molar-refractivity contribution is 5.65. The van der Waals surface area contributed by atoms with E-state index < -0.39 is 0 Å². The molecular formula is C22H28N4O3. The van der Waals surface area contributed by atoms with E-state index in [1.54, 1.807) is 14.2 Å². The highest BCUT2D eigenvalue weighted by Crippen LogP contribution is 2.50. The summed E-state index contributed by atoms with van der Waals surface area (Å²) in [4.78, 5) is 4.93. The SMILES string of the molecule is COc1ccc(C2c3c(nc4c(c3N)CCCC4)OC3NNC(C)C32)cc1OC. The number of hydrogen-bond acceptors (Lipinski definition) is 7. The lowest BCUT2D eigenvalue weighted by Crippen LogP contribution is -2.42. The van der Waals surface area contributed by atoms with Crippen LogP contribution in [0.4, 0.5) is 5.69 Å². The van der Waals surface area contributed by atoms with E-state index in [1.165, 1.54) is 5.56 Å². The number of anilines is 1. The standard InChI is InChI=1S/C22H28N4O3/c1-11-17-18(12-8-9-15(27-2)16(10-12)28-3)19-20(23)13-6-4-5-7-14(13)24-21(19)29-22(17)26-25-11/h8-11,17-18,22,25-26H,4-7H2,1-3H3,(H2,23,24). The van der Waals surface area contributed by atoms with Gasteiger partial charge >= 0.3 is 0 Å². The summed E-state index contributed by atoms with van der Waals surface area (Å²) in [5.74, 6) is 2.30. The van der Waals surface area contributed by atoms with Gasteiger partial charge in [0.15, 0.2) is 17.7 Å². The number of methoxy groups -OCH3 is 2. The second-order valence-corrected chi connectivity index (χ2v) is 8.16. The fraction of sp³-hybridized carbons (Fsp3) is 0.500. The third-order valence-electron chi connectivity index (χ3n) is 6.60. The number of rotatable bonds is 3. The highest BCUT2D eigenvalue weighted by Gasteiger charge is 2.48. The Labute approximate surface area is 170 Å². The van der Waals surface area contributed by atoms with E-state index in [9.17, 15) is 0 Å². The fourth-order valence-electron chi connectivity index (χ4n) is 5.14. The van der Waals surface area contributed by atoms with Gasteiger partial charge in [-0.05, 0) is 55.9 Å². The topological polar surface area (TPSA) is 90.7 Å². The van der Waals surface area contributed by atoms with Gasteiger partial charge in [0.05, 0.1) is 14.2 Å². The second-order valence-electron chi connectivity index (χ2n) is 8.16. The Kier molecular flexibility index (Phi) is 4.52. The number of aryl methyl sites for hydroxylation is 1. The van der Waals surface area contributed by atoms with Crippen molar-refractivity contribution in [2.45, 2.75) is 50.8 Å². The molecule has 29 heavy (non-hydrogen) atoms. The Morgan fingerprint density at radius 1 is 1.10 bits per heavy atom. The second kappa shape index (κ2) is 7.07. The van der Waals surface area contributed by atoms with Gasteiger partial charge in [-0.25, -0.2) is 10.4 Å². The first kappa shape index (κ1) is 18.5. The van der Waals surface area contributed by atoms with Crippen LogP contribution in [0.2, 0.25) is 0 Å². The molecule has 5 rings (SSSR count). The summed E-state index contributed by atoms with van der Waals surface area (Å²) >= 11 is 0. The zero-order valence-corrected chi connectivity index (χ0v) is 17.1. The fourth-order valence-corrected chi connectivity index (χ4v) is 5.14. The van der Waals surface area contributed by atoms with Gasteiger partial charge < -0.3 is 19.9 Å². The average Bonchev–Trinajstić information content (AvgIpc) is 3.12. The summed E-state index contributed by atoms with van der Waals surface area (Å²) in [5.41, 5.74) is 18.7. The zero-order chi connectivity index (χ0) is 20.1. The summed E-state index contributed by atoms with van der Waals surface area (Å²) < 4.78 is 17.3. The number of pyridine rings is 1. The third kappa shape index (κ3) is 2.83. The minimum Gasteiger partial charge on any atom is -0.493 e. The molecule has 0 amide bonds. The molecule has 4 unspecified atom stereocenters. The zero-order valence-electron chi connectivity index (χ0n) is 17.1. The van der Waals surface area contributed by atoms with Crippen LogP contribution in [0.25, 0.3) is 0 Å². The molecule has 154 valence electrons. The maximum atomic E-state index is 6.79. The van der Waals surface area contributed by atoms with Crippen molar-refractivity contribution < 1.29 is 14.2 Å². The molecule has 4 atom stereocenters. The molecule has 3 aliphatic rings. The van der Waals surface area contributed by atoms with Crippen LogP contribution in [0.1, 0.15) is 48.1 Å². The van der Waals surface area contributed by atoms with Gasteiger partial charge in [-0.15, -0.1) is 0 Å². The van der Waals surface area contributed by atoms with E-state index in [0.717, 1.165) is 48.2 Å². The first-order valence-corrected chi connectivity index (χ1v) is 10.3. The van der Waals surface area contributed by atoms with Gasteiger partial charge in [-0.1, -0.05) is 6.07 Å². The highest BCUT2D eigenvalue weighted by atomic mass is 16.5. The molecule has 0 bridgehead atoms. The molecule has 2 aliphatic heterocycles. The van der Waals surface area contributed by atoms with Gasteiger partial charge in [0, 0.05) is 34.8 Å². The number of ether oxygens (including phenoxy) is 3. The van der Waals surface area contributed by atoms with Crippen molar-refractivity contribution in [3.63, 3.8) is 0 Å². The molecule has 0 spiro atoms. The van der Waals surface area contributed by atoms with Crippen molar-refractivity contribution in [3.8, 4) is 17.4 Å². The number of aromatic nitrogens is 1. The predicted octanol–water partition coefficient (Wildman–Crippen LogP) is 2.52. The Balaban J connectivity index is 1.71. The molecule has 4 N–H and O–H groups in total. The van der Waals surface area contributed by atoms with Gasteiger partial charge in [-0.2, -0.15) is 0 Å². The summed E-state index contributed by atoms with van der Waals surface area (Å²) in [6.07, 6.45) is 4.10. The Hall–Kier alpha value is -2.51. The number of hydrogen-bond donors (Lipinski definition) is 3. The molecule has 1 aliphatic carbocycles. The first-order valence-electron chi connectivity index (χ1n) is 10.3. The lowest BCUT2D eigenvalue weighted by atomic mass is 9.74. The van der Waals surface area contributed by atoms with Crippen LogP contribution in [0, 0.1) is 5.92 Å². The molecule has 1 aromatic carbocycles. The van der Waals surface area contributed by atoms with Crippen molar-refractivity contribution in [3.05, 3.63) is 40.6 Å². The number of nitrogens with zero attached hydrogens (tertiary/aromatic N) is 1. The van der Waals surface area contributed by atoms with Crippen molar-refractivity contribution in [2.75, 3.05) is 20.0 Å². The largest absolute Gasteiger partial charge is 0.493 e. The molecule has 0 radical (unpaired) electrons. The van der Waals surface area contributed by atoms with Crippen molar-refractivity contribution in [2.24, 2.45) is 5.92 Å². The summed E-state index contributed by atoms with van der Waals surface area (Å²) in [6, 6.07) is 6.32. The van der Waals surface area contributed by atoms with Gasteiger partial charge in [0.25, 0.3) is 0 Å². The number of fused-ring (bicyclic) bond motifs is 3. The van der Waals surface area contributed by atoms with Crippen LogP contribution < -0.4 is 30.8 Å². The Morgan fingerprint density at radius 2 is 1.90 bits per heavy atom. The van der Waals surface area contributed by atoms with Gasteiger partial charge in [0.1, 0.15) is 0 Å². The minimum atomic E-state index is -0.163. The normalized spacial score (nSPS) is 27.4. The van der Waals surface area contributed by atoms with Crippen LogP contribution >= 0.6 is 0 Å². The van der Waals surface area contributed by atoms with Crippen molar-refractivity contribution >= 4 is 5.69 Å². The maximum Gasteiger partial charge on any atom is 0.221 e. The van der Waals surface area contributed by atoms with E-state index in [0.29, 0.717) is 17.4 Å². The number of nitrogen functional groups attached to an aromatic ring is 1. The molecule has 7 heteroatoms. The smallest absolute Gasteiger partial charge is 0.221 e. The number of benzene rings is 1. The predicted molar refractivity (Wildman–Crippen MR) is 110 cm³/mol. The molecular weight excluding hydrogens is 368 g/mol. The Bertz CT molecular complexity index is 948. The monoisotopic (exact) mass is 396 g/mol. The molecule has 7 nitrogen and oxygen atoms in total. The van der Waals surface area contributed by atoms with Crippen LogP contribution in [-0.4, -0.2) is 31.5 Å². The molecule has 2 aromatic rings. The average molecular weight is 396 g/mol. The molecule has 0 saturated carbocycles. The van der Waals surface area contributed by atoms with Crippen LogP contribution in [0.3, 0.4) is 0 Å². The molecule has 3 heterocycles. The molecule has 1 aromatic heterocycles. The first-order chi connectivity index (χ1) is 14.1. The quantitative estimate of drug-likeness (QED) is 0.734. The molecule has 1 fully saturated rings. The van der Waals surface area contributed by atoms with Crippen molar-refractivity contribution in [1.82, 2.24) is 15.8 Å². The lowest BCUT2D eigenvalue weighted by Gasteiger charge is -2.38. The lowest BCUT2D eigenvalue weighted by molar-refractivity contribution is 0.0966. The van der Waals surface area contributed by atoms with Gasteiger partial charge in [0.2, 0.25) is 5.88 Å². The van der Waals surface area contributed by atoms with E-state index in [-0.39, 0.29) is 24.1 Å². The summed E-state index contributed by atoms with van der Waals surface area (Å²) in [7, 11) is 3.31. The maximum absolute atomic E-state index is 6.79. The van der Waals surface area contributed by atoms with E-state index in [1.807, 2.05) is 6.07 Å². The number of nitrogens with one attached hydrogen (secondary N) is 2. The van der Waals surface area contributed by atoms with E-state index in [2.05, 4.69) is 29.9 Å². The van der Waals surface area contributed by atoms with Crippen LogP contribution in [-0.2, 0) is 12.8 Å². The molecule has 1 saturated heterocycles. The van der Waals surface area contributed by atoms with E-state index in [4.69, 9.17) is 24.9 Å². The summed E-state index contributed by atoms with van der Waals surface area (Å²) in [6.45, 7) is 2.17. The summed E-state index contributed by atoms with van der Waals surface area (Å²) in [5, 5.41) is 0. The van der Waals surface area contributed by atoms with Crippen molar-refractivity contribution in [1.29, 1.82) is 0 Å².